The van der Waals surface area contributed by atoms with Crippen LogP contribution in [0, 0.1) is 12.7 Å². The Morgan fingerprint density at radius 2 is 2.30 bits per heavy atom. The van der Waals surface area contributed by atoms with Crippen LogP contribution in [-0.4, -0.2) is 29.9 Å². The van der Waals surface area contributed by atoms with Crippen LogP contribution in [0.25, 0.3) is 0 Å². The molecule has 3 nitrogen and oxygen atoms in total. The minimum absolute atomic E-state index is 0.0793. The zero-order valence-electron chi connectivity index (χ0n) is 12.3. The molecule has 0 aliphatic heterocycles. The number of aryl methyl sites for hydroxylation is 1. The summed E-state index contributed by atoms with van der Waals surface area (Å²) in [4.78, 5) is 0. The summed E-state index contributed by atoms with van der Waals surface area (Å²) in [6.07, 6.45) is 3.74. The predicted molar refractivity (Wildman–Crippen MR) is 77.5 cm³/mol. The van der Waals surface area contributed by atoms with E-state index in [1.54, 1.807) is 6.07 Å². The van der Waals surface area contributed by atoms with Gasteiger partial charge in [-0.25, -0.2) is 4.39 Å². The maximum Gasteiger partial charge on any atom is 0.123 e. The van der Waals surface area contributed by atoms with Crippen LogP contribution in [0.4, 0.5) is 4.39 Å². The first-order valence-electron chi connectivity index (χ1n) is 7.37. The summed E-state index contributed by atoms with van der Waals surface area (Å²) in [6.45, 7) is 5.00. The van der Waals surface area contributed by atoms with E-state index < -0.39 is 0 Å². The van der Waals surface area contributed by atoms with Crippen LogP contribution < -0.4 is 10.1 Å². The van der Waals surface area contributed by atoms with Crippen LogP contribution >= 0.6 is 0 Å². The summed E-state index contributed by atoms with van der Waals surface area (Å²) >= 11 is 0. The van der Waals surface area contributed by atoms with Gasteiger partial charge in [-0.1, -0.05) is 6.92 Å². The van der Waals surface area contributed by atoms with Crippen molar-refractivity contribution in [1.29, 1.82) is 0 Å². The quantitative estimate of drug-likeness (QED) is 0.842. The molecule has 112 valence electrons. The number of halogens is 1. The highest BCUT2D eigenvalue weighted by molar-refractivity contribution is 5.32. The van der Waals surface area contributed by atoms with Crippen LogP contribution in [-0.2, 0) is 0 Å². The van der Waals surface area contributed by atoms with E-state index in [0.29, 0.717) is 0 Å². The molecule has 1 aromatic carbocycles. The standard InChI is InChI=1S/C16H24FNO2/c1-3-8-18-16(11-19)7-6-14(10-16)20-15-5-4-13(17)9-12(15)2/h4-5,9,14,18-19H,3,6-8,10-11H2,1-2H3. The lowest BCUT2D eigenvalue weighted by molar-refractivity contribution is 0.140. The third-order valence-electron chi connectivity index (χ3n) is 4.05. The van der Waals surface area contributed by atoms with Crippen molar-refractivity contribution in [1.82, 2.24) is 5.32 Å². The third kappa shape index (κ3) is 3.49. The molecule has 2 N–H and O–H groups in total. The lowest BCUT2D eigenvalue weighted by Crippen LogP contribution is -2.47. The Balaban J connectivity index is 1.98. The van der Waals surface area contributed by atoms with Crippen LogP contribution in [0.5, 0.6) is 5.75 Å². The van der Waals surface area contributed by atoms with Crippen LogP contribution in [0.1, 0.15) is 38.2 Å². The van der Waals surface area contributed by atoms with Gasteiger partial charge in [0.2, 0.25) is 0 Å². The van der Waals surface area contributed by atoms with E-state index >= 15 is 0 Å². The molecule has 2 atom stereocenters. The third-order valence-corrected chi connectivity index (χ3v) is 4.05. The second kappa shape index (κ2) is 6.55. The molecule has 1 aliphatic carbocycles. The second-order valence-electron chi connectivity index (χ2n) is 5.76. The van der Waals surface area contributed by atoms with E-state index in [1.165, 1.54) is 12.1 Å². The van der Waals surface area contributed by atoms with Gasteiger partial charge in [0.1, 0.15) is 17.7 Å². The van der Waals surface area contributed by atoms with Crippen LogP contribution in [0.15, 0.2) is 18.2 Å². The maximum absolute atomic E-state index is 13.1. The predicted octanol–water partition coefficient (Wildman–Crippen LogP) is 2.80. The highest BCUT2D eigenvalue weighted by Gasteiger charge is 2.39. The summed E-state index contributed by atoms with van der Waals surface area (Å²) in [5.41, 5.74) is 0.599. The first-order chi connectivity index (χ1) is 9.58. The Labute approximate surface area is 120 Å². The smallest absolute Gasteiger partial charge is 0.123 e. The van der Waals surface area contributed by atoms with Crippen molar-refractivity contribution in [2.24, 2.45) is 0 Å². The highest BCUT2D eigenvalue weighted by atomic mass is 19.1. The topological polar surface area (TPSA) is 41.5 Å². The minimum atomic E-state index is -0.240. The number of nitrogens with one attached hydrogen (secondary N) is 1. The van der Waals surface area contributed by atoms with Gasteiger partial charge in [0, 0.05) is 12.0 Å². The number of aliphatic hydroxyl groups is 1. The molecule has 2 unspecified atom stereocenters. The number of hydrogen-bond donors (Lipinski definition) is 2. The molecule has 1 fully saturated rings. The molecule has 20 heavy (non-hydrogen) atoms. The van der Waals surface area contributed by atoms with Crippen molar-refractivity contribution in [2.45, 2.75) is 51.2 Å². The van der Waals surface area contributed by atoms with Gasteiger partial charge in [-0.3, -0.25) is 0 Å². The fourth-order valence-electron chi connectivity index (χ4n) is 2.85. The molecule has 4 heteroatoms. The molecular weight excluding hydrogens is 257 g/mol. The normalized spacial score (nSPS) is 25.9. The van der Waals surface area contributed by atoms with Gasteiger partial charge in [0.15, 0.2) is 0 Å². The van der Waals surface area contributed by atoms with E-state index in [2.05, 4.69) is 12.2 Å². The first-order valence-corrected chi connectivity index (χ1v) is 7.37. The zero-order chi connectivity index (χ0) is 14.6. The fraction of sp³-hybridized carbons (Fsp3) is 0.625. The van der Waals surface area contributed by atoms with Crippen molar-refractivity contribution in [3.8, 4) is 5.75 Å². The lowest BCUT2D eigenvalue weighted by atomic mass is 9.98. The molecule has 0 amide bonds. The summed E-state index contributed by atoms with van der Waals surface area (Å²) in [6, 6.07) is 4.59. The van der Waals surface area contributed by atoms with E-state index in [1.807, 2.05) is 6.92 Å². The van der Waals surface area contributed by atoms with Crippen molar-refractivity contribution >= 4 is 0 Å². The largest absolute Gasteiger partial charge is 0.490 e. The summed E-state index contributed by atoms with van der Waals surface area (Å²) in [5, 5.41) is 13.1. The van der Waals surface area contributed by atoms with E-state index in [9.17, 15) is 9.50 Å². The molecule has 0 spiro atoms. The number of aliphatic hydroxyl groups excluding tert-OH is 1. The molecule has 1 saturated carbocycles. The molecule has 1 aromatic rings. The van der Waals surface area contributed by atoms with E-state index in [0.717, 1.165) is 43.5 Å². The van der Waals surface area contributed by atoms with Gasteiger partial charge in [-0.2, -0.15) is 0 Å². The van der Waals surface area contributed by atoms with Gasteiger partial charge < -0.3 is 15.2 Å². The molecule has 0 radical (unpaired) electrons. The fourth-order valence-corrected chi connectivity index (χ4v) is 2.85. The molecule has 1 aliphatic rings. The number of ether oxygens (including phenoxy) is 1. The number of rotatable bonds is 6. The summed E-state index contributed by atoms with van der Waals surface area (Å²) < 4.78 is 19.1. The summed E-state index contributed by atoms with van der Waals surface area (Å²) in [7, 11) is 0. The van der Waals surface area contributed by atoms with Crippen molar-refractivity contribution in [3.63, 3.8) is 0 Å². The minimum Gasteiger partial charge on any atom is -0.490 e. The van der Waals surface area contributed by atoms with Crippen molar-refractivity contribution < 1.29 is 14.2 Å². The monoisotopic (exact) mass is 281 g/mol. The average Bonchev–Trinajstić information content (AvgIpc) is 2.84. The van der Waals surface area contributed by atoms with E-state index in [-0.39, 0.29) is 24.1 Å². The SMILES string of the molecule is CCCNC1(CO)CCC(Oc2ccc(F)cc2C)C1. The van der Waals surface area contributed by atoms with Gasteiger partial charge in [-0.15, -0.1) is 0 Å². The molecular formula is C16H24FNO2. The maximum atomic E-state index is 13.1. The summed E-state index contributed by atoms with van der Waals surface area (Å²) in [5.74, 6) is 0.497. The second-order valence-corrected chi connectivity index (χ2v) is 5.76. The first kappa shape index (κ1) is 15.3. The Bertz CT molecular complexity index is 452. The van der Waals surface area contributed by atoms with Gasteiger partial charge in [-0.05, 0) is 56.5 Å². The Kier molecular flexibility index (Phi) is 5.00. The van der Waals surface area contributed by atoms with Crippen LogP contribution in [0.3, 0.4) is 0 Å². The number of benzene rings is 1. The average molecular weight is 281 g/mol. The molecule has 0 aromatic heterocycles. The number of hydrogen-bond acceptors (Lipinski definition) is 3. The van der Waals surface area contributed by atoms with Gasteiger partial charge >= 0.3 is 0 Å². The van der Waals surface area contributed by atoms with Crippen molar-refractivity contribution in [2.75, 3.05) is 13.2 Å². The van der Waals surface area contributed by atoms with E-state index in [4.69, 9.17) is 4.74 Å². The molecule has 0 saturated heterocycles. The lowest BCUT2D eigenvalue weighted by Gasteiger charge is -2.28. The molecule has 2 rings (SSSR count). The Hall–Kier alpha value is -1.13. The zero-order valence-corrected chi connectivity index (χ0v) is 12.3. The van der Waals surface area contributed by atoms with Crippen molar-refractivity contribution in [3.05, 3.63) is 29.6 Å². The van der Waals surface area contributed by atoms with Gasteiger partial charge in [0.05, 0.1) is 6.61 Å². The Morgan fingerprint density at radius 3 is 2.95 bits per heavy atom. The van der Waals surface area contributed by atoms with Crippen LogP contribution in [0.2, 0.25) is 0 Å². The highest BCUT2D eigenvalue weighted by Crippen LogP contribution is 2.33. The molecule has 0 heterocycles. The van der Waals surface area contributed by atoms with Gasteiger partial charge in [0.25, 0.3) is 0 Å². The Morgan fingerprint density at radius 1 is 1.50 bits per heavy atom. The molecule has 0 bridgehead atoms.